The molecule has 0 unspecified atom stereocenters. The van der Waals surface area contributed by atoms with Crippen LogP contribution in [0.3, 0.4) is 0 Å². The average Bonchev–Trinajstić information content (AvgIpc) is 2.55. The standard InChI is InChI=1S/C19H19BrN2OS/c1-19(2,3)14-10-13(6-8-17(14)23-4)18(24)22-16-7-5-12(11-21)9-15(16)20/h5-10H,1-4H3,(H,22,24). The molecule has 124 valence electrons. The van der Waals surface area contributed by atoms with E-state index in [9.17, 15) is 0 Å². The number of anilines is 1. The van der Waals surface area contributed by atoms with Gasteiger partial charge in [-0.1, -0.05) is 33.0 Å². The molecule has 0 fully saturated rings. The van der Waals surface area contributed by atoms with E-state index < -0.39 is 0 Å². The topological polar surface area (TPSA) is 45.0 Å². The molecule has 0 aliphatic carbocycles. The zero-order valence-electron chi connectivity index (χ0n) is 14.1. The molecule has 3 nitrogen and oxygen atoms in total. The van der Waals surface area contributed by atoms with Gasteiger partial charge in [0.2, 0.25) is 0 Å². The van der Waals surface area contributed by atoms with Gasteiger partial charge in [-0.05, 0) is 57.7 Å². The van der Waals surface area contributed by atoms with Gasteiger partial charge >= 0.3 is 0 Å². The summed E-state index contributed by atoms with van der Waals surface area (Å²) in [6.45, 7) is 6.42. The van der Waals surface area contributed by atoms with Gasteiger partial charge in [0.1, 0.15) is 10.7 Å². The van der Waals surface area contributed by atoms with Crippen LogP contribution in [0.25, 0.3) is 0 Å². The lowest BCUT2D eigenvalue weighted by Crippen LogP contribution is -2.16. The van der Waals surface area contributed by atoms with Crippen LogP contribution in [0.5, 0.6) is 5.75 Å². The van der Waals surface area contributed by atoms with Gasteiger partial charge in [0, 0.05) is 15.6 Å². The van der Waals surface area contributed by atoms with E-state index in [0.29, 0.717) is 10.6 Å². The molecule has 2 aromatic rings. The number of hydrogen-bond acceptors (Lipinski definition) is 3. The maximum atomic E-state index is 8.94. The summed E-state index contributed by atoms with van der Waals surface area (Å²) in [6.07, 6.45) is 0. The highest BCUT2D eigenvalue weighted by molar-refractivity contribution is 9.10. The monoisotopic (exact) mass is 402 g/mol. The van der Waals surface area contributed by atoms with Crippen LogP contribution >= 0.6 is 28.1 Å². The maximum absolute atomic E-state index is 8.94. The molecule has 1 N–H and O–H groups in total. The molecule has 0 spiro atoms. The van der Waals surface area contributed by atoms with Gasteiger partial charge in [0.15, 0.2) is 0 Å². The Balaban J connectivity index is 2.32. The molecule has 0 amide bonds. The molecule has 2 rings (SSSR count). The minimum atomic E-state index is -0.0496. The van der Waals surface area contributed by atoms with Gasteiger partial charge in [0.05, 0.1) is 24.4 Å². The molecule has 2 aromatic carbocycles. The molecule has 0 aromatic heterocycles. The summed E-state index contributed by atoms with van der Waals surface area (Å²) in [4.78, 5) is 0.619. The van der Waals surface area contributed by atoms with Crippen LogP contribution in [0.15, 0.2) is 40.9 Å². The summed E-state index contributed by atoms with van der Waals surface area (Å²) >= 11 is 9.01. The molecule has 5 heteroatoms. The number of hydrogen-bond donors (Lipinski definition) is 1. The highest BCUT2D eigenvalue weighted by Gasteiger charge is 2.20. The maximum Gasteiger partial charge on any atom is 0.122 e. The number of benzene rings is 2. The minimum Gasteiger partial charge on any atom is -0.496 e. The van der Waals surface area contributed by atoms with Crippen LogP contribution in [0.4, 0.5) is 5.69 Å². The fourth-order valence-electron chi connectivity index (χ4n) is 2.32. The Hall–Kier alpha value is -1.90. The summed E-state index contributed by atoms with van der Waals surface area (Å²) in [6, 6.07) is 13.4. The first kappa shape index (κ1) is 18.4. The van der Waals surface area contributed by atoms with Crippen LogP contribution in [-0.4, -0.2) is 12.1 Å². The summed E-state index contributed by atoms with van der Waals surface area (Å²) in [7, 11) is 1.68. The first-order chi connectivity index (χ1) is 11.3. The van der Waals surface area contributed by atoms with Crippen molar-refractivity contribution in [3.63, 3.8) is 0 Å². The van der Waals surface area contributed by atoms with Gasteiger partial charge < -0.3 is 10.1 Å². The number of nitrogens with zero attached hydrogens (tertiary/aromatic N) is 1. The van der Waals surface area contributed by atoms with Crippen molar-refractivity contribution in [1.82, 2.24) is 0 Å². The Morgan fingerprint density at radius 3 is 2.46 bits per heavy atom. The second-order valence-electron chi connectivity index (χ2n) is 6.43. The third-order valence-electron chi connectivity index (χ3n) is 3.62. The lowest BCUT2D eigenvalue weighted by molar-refractivity contribution is 0.397. The third kappa shape index (κ3) is 4.14. The lowest BCUT2D eigenvalue weighted by atomic mass is 9.85. The number of ether oxygens (including phenoxy) is 1. The van der Waals surface area contributed by atoms with Gasteiger partial charge in [0.25, 0.3) is 0 Å². The van der Waals surface area contributed by atoms with Crippen LogP contribution in [0.1, 0.15) is 37.5 Å². The van der Waals surface area contributed by atoms with Crippen molar-refractivity contribution in [3.05, 3.63) is 57.6 Å². The quantitative estimate of drug-likeness (QED) is 0.696. The van der Waals surface area contributed by atoms with Gasteiger partial charge in [-0.25, -0.2) is 0 Å². The van der Waals surface area contributed by atoms with Crippen molar-refractivity contribution in [2.75, 3.05) is 12.4 Å². The number of halogens is 1. The number of methoxy groups -OCH3 is 1. The van der Waals surface area contributed by atoms with E-state index in [1.807, 2.05) is 18.2 Å². The van der Waals surface area contributed by atoms with Crippen molar-refractivity contribution in [2.45, 2.75) is 26.2 Å². The smallest absolute Gasteiger partial charge is 0.122 e. The molecule has 0 radical (unpaired) electrons. The van der Waals surface area contributed by atoms with Crippen LogP contribution in [0.2, 0.25) is 0 Å². The van der Waals surface area contributed by atoms with Crippen molar-refractivity contribution < 1.29 is 4.74 Å². The van der Waals surface area contributed by atoms with Crippen molar-refractivity contribution in [2.24, 2.45) is 0 Å². The molecule has 0 heterocycles. The molecular weight excluding hydrogens is 384 g/mol. The fraction of sp³-hybridized carbons (Fsp3) is 0.263. The van der Waals surface area contributed by atoms with Gasteiger partial charge in [-0.2, -0.15) is 5.26 Å². The first-order valence-electron chi connectivity index (χ1n) is 7.46. The second kappa shape index (κ2) is 7.33. The number of thiocarbonyl (C=S) groups is 1. The van der Waals surface area contributed by atoms with Crippen molar-refractivity contribution in [3.8, 4) is 11.8 Å². The third-order valence-corrected chi connectivity index (χ3v) is 4.61. The summed E-state index contributed by atoms with van der Waals surface area (Å²) in [5.74, 6) is 0.855. The highest BCUT2D eigenvalue weighted by atomic mass is 79.9. The van der Waals surface area contributed by atoms with Gasteiger partial charge in [-0.15, -0.1) is 0 Å². The van der Waals surface area contributed by atoms with E-state index in [1.165, 1.54) is 0 Å². The molecule has 0 bridgehead atoms. The zero-order chi connectivity index (χ0) is 17.9. The Kier molecular flexibility index (Phi) is 5.63. The van der Waals surface area contributed by atoms with E-state index in [0.717, 1.165) is 27.0 Å². The molecule has 24 heavy (non-hydrogen) atoms. The van der Waals surface area contributed by atoms with Crippen LogP contribution in [0, 0.1) is 11.3 Å². The zero-order valence-corrected chi connectivity index (χ0v) is 16.5. The molecule has 0 saturated heterocycles. The summed E-state index contributed by atoms with van der Waals surface area (Å²) in [5.41, 5.74) is 3.40. The minimum absolute atomic E-state index is 0.0496. The fourth-order valence-corrected chi connectivity index (χ4v) is 3.03. The van der Waals surface area contributed by atoms with Crippen LogP contribution < -0.4 is 10.1 Å². The Morgan fingerprint density at radius 2 is 1.92 bits per heavy atom. The Morgan fingerprint density at radius 1 is 1.21 bits per heavy atom. The number of nitriles is 1. The van der Waals surface area contributed by atoms with Crippen molar-refractivity contribution >= 4 is 38.8 Å². The predicted molar refractivity (Wildman–Crippen MR) is 106 cm³/mol. The average molecular weight is 403 g/mol. The number of nitrogens with one attached hydrogen (secondary N) is 1. The molecule has 0 aliphatic heterocycles. The molecule has 0 aliphatic rings. The SMILES string of the molecule is COc1ccc(C(=S)Nc2ccc(C#N)cc2Br)cc1C(C)(C)C. The second-order valence-corrected chi connectivity index (χ2v) is 7.69. The van der Waals surface area contributed by atoms with Crippen LogP contribution in [-0.2, 0) is 5.41 Å². The van der Waals surface area contributed by atoms with E-state index in [-0.39, 0.29) is 5.41 Å². The largest absolute Gasteiger partial charge is 0.496 e. The highest BCUT2D eigenvalue weighted by Crippen LogP contribution is 2.32. The van der Waals surface area contributed by atoms with Crippen molar-refractivity contribution in [1.29, 1.82) is 5.26 Å². The van der Waals surface area contributed by atoms with E-state index in [2.05, 4.69) is 54.2 Å². The van der Waals surface area contributed by atoms with E-state index in [4.69, 9.17) is 22.2 Å². The normalized spacial score (nSPS) is 10.8. The molecule has 0 saturated carbocycles. The molecule has 0 atom stereocenters. The first-order valence-corrected chi connectivity index (χ1v) is 8.66. The summed E-state index contributed by atoms with van der Waals surface area (Å²) < 4.78 is 6.27. The number of rotatable bonds is 3. The lowest BCUT2D eigenvalue weighted by Gasteiger charge is -2.23. The predicted octanol–water partition coefficient (Wildman–Crippen LogP) is 5.41. The Labute approximate surface area is 156 Å². The van der Waals surface area contributed by atoms with E-state index in [1.54, 1.807) is 19.2 Å². The van der Waals surface area contributed by atoms with E-state index >= 15 is 0 Å². The molecular formula is C19H19BrN2OS. The Bertz CT molecular complexity index is 819. The summed E-state index contributed by atoms with van der Waals surface area (Å²) in [5, 5.41) is 12.2. The van der Waals surface area contributed by atoms with Gasteiger partial charge in [-0.3, -0.25) is 0 Å².